The Morgan fingerprint density at radius 3 is 2.89 bits per heavy atom. The number of aromatic nitrogens is 3. The molecule has 0 atom stereocenters. The second-order valence-electron chi connectivity index (χ2n) is 4.68. The van der Waals surface area contributed by atoms with Crippen LogP contribution < -0.4 is 5.32 Å². The smallest absolute Gasteiger partial charge is 0.137 e. The average Bonchev–Trinajstić information content (AvgIpc) is 2.85. The summed E-state index contributed by atoms with van der Waals surface area (Å²) in [5.41, 5.74) is 3.47. The van der Waals surface area contributed by atoms with E-state index in [9.17, 15) is 0 Å². The first kappa shape index (κ1) is 12.8. The van der Waals surface area contributed by atoms with Gasteiger partial charge in [-0.25, -0.2) is 4.98 Å². The zero-order valence-electron chi connectivity index (χ0n) is 11.2. The van der Waals surface area contributed by atoms with Crippen molar-refractivity contribution in [2.75, 3.05) is 0 Å². The molecule has 0 aliphatic carbocycles. The van der Waals surface area contributed by atoms with Crippen molar-refractivity contribution >= 4 is 0 Å². The van der Waals surface area contributed by atoms with Crippen LogP contribution in [0, 0.1) is 0 Å². The second kappa shape index (κ2) is 5.78. The third kappa shape index (κ3) is 2.96. The summed E-state index contributed by atoms with van der Waals surface area (Å²) in [6.45, 7) is 7.21. The number of hydrogen-bond acceptors (Lipinski definition) is 3. The van der Waals surface area contributed by atoms with Gasteiger partial charge in [0.05, 0.1) is 0 Å². The maximum Gasteiger partial charge on any atom is 0.137 e. The monoisotopic (exact) mass is 244 g/mol. The summed E-state index contributed by atoms with van der Waals surface area (Å²) in [5.74, 6) is 0.926. The molecule has 2 aromatic heterocycles. The molecule has 4 heteroatoms. The van der Waals surface area contributed by atoms with Gasteiger partial charge in [0.1, 0.15) is 5.82 Å². The summed E-state index contributed by atoms with van der Waals surface area (Å²) in [6.07, 6.45) is 6.57. The standard InChI is InChI=1S/C14H20N4/c1-4-11-7-15-6-5-13(11)14-17-9-12(18-14)8-16-10(2)3/h5-7,9-10,16H,4,8H2,1-3H3,(H,17,18). The Morgan fingerprint density at radius 2 is 2.17 bits per heavy atom. The minimum Gasteiger partial charge on any atom is -0.341 e. The van der Waals surface area contributed by atoms with Crippen LogP contribution in [0.25, 0.3) is 11.4 Å². The predicted octanol–water partition coefficient (Wildman–Crippen LogP) is 2.53. The first-order valence-corrected chi connectivity index (χ1v) is 6.41. The summed E-state index contributed by atoms with van der Waals surface area (Å²) in [7, 11) is 0. The number of aromatic amines is 1. The van der Waals surface area contributed by atoms with Gasteiger partial charge < -0.3 is 10.3 Å². The fourth-order valence-corrected chi connectivity index (χ4v) is 1.84. The average molecular weight is 244 g/mol. The van der Waals surface area contributed by atoms with Gasteiger partial charge in [-0.3, -0.25) is 4.98 Å². The number of nitrogens with one attached hydrogen (secondary N) is 2. The van der Waals surface area contributed by atoms with Gasteiger partial charge in [0.25, 0.3) is 0 Å². The van der Waals surface area contributed by atoms with E-state index in [1.165, 1.54) is 5.56 Å². The Hall–Kier alpha value is -1.68. The molecule has 96 valence electrons. The van der Waals surface area contributed by atoms with Gasteiger partial charge >= 0.3 is 0 Å². The number of rotatable bonds is 5. The number of H-pyrrole nitrogens is 1. The first-order chi connectivity index (χ1) is 8.70. The number of nitrogens with zero attached hydrogens (tertiary/aromatic N) is 2. The topological polar surface area (TPSA) is 53.6 Å². The molecule has 18 heavy (non-hydrogen) atoms. The molecule has 0 aliphatic heterocycles. The Labute approximate surface area is 108 Å². The Kier molecular flexibility index (Phi) is 4.10. The van der Waals surface area contributed by atoms with Gasteiger partial charge in [0.15, 0.2) is 0 Å². The SMILES string of the molecule is CCc1cnccc1-c1ncc(CNC(C)C)[nH]1. The molecule has 0 aliphatic rings. The minimum absolute atomic E-state index is 0.476. The number of hydrogen-bond donors (Lipinski definition) is 2. The molecule has 0 saturated heterocycles. The third-order valence-electron chi connectivity index (χ3n) is 2.87. The van der Waals surface area contributed by atoms with Gasteiger partial charge in [-0.1, -0.05) is 20.8 Å². The van der Waals surface area contributed by atoms with Crippen LogP contribution in [0.1, 0.15) is 32.0 Å². The fraction of sp³-hybridized carbons (Fsp3) is 0.429. The molecule has 2 rings (SSSR count). The van der Waals surface area contributed by atoms with Crippen LogP contribution in [0.2, 0.25) is 0 Å². The van der Waals surface area contributed by atoms with Crippen molar-refractivity contribution in [1.29, 1.82) is 0 Å². The number of imidazole rings is 1. The van der Waals surface area contributed by atoms with Crippen molar-refractivity contribution in [2.24, 2.45) is 0 Å². The van der Waals surface area contributed by atoms with Crippen LogP contribution in [0.4, 0.5) is 0 Å². The molecule has 2 aromatic rings. The maximum absolute atomic E-state index is 4.45. The normalized spacial score (nSPS) is 11.1. The van der Waals surface area contributed by atoms with E-state index in [1.807, 2.05) is 24.7 Å². The van der Waals surface area contributed by atoms with Crippen molar-refractivity contribution in [3.05, 3.63) is 35.9 Å². The molecular weight excluding hydrogens is 224 g/mol. The molecule has 0 amide bonds. The molecule has 4 nitrogen and oxygen atoms in total. The van der Waals surface area contributed by atoms with E-state index in [4.69, 9.17) is 0 Å². The molecule has 2 N–H and O–H groups in total. The van der Waals surface area contributed by atoms with E-state index in [0.29, 0.717) is 6.04 Å². The van der Waals surface area contributed by atoms with E-state index in [0.717, 1.165) is 30.0 Å². The summed E-state index contributed by atoms with van der Waals surface area (Å²) >= 11 is 0. The lowest BCUT2D eigenvalue weighted by Gasteiger charge is -2.06. The van der Waals surface area contributed by atoms with Crippen LogP contribution >= 0.6 is 0 Å². The lowest BCUT2D eigenvalue weighted by molar-refractivity contribution is 0.583. The van der Waals surface area contributed by atoms with Gasteiger partial charge in [-0.15, -0.1) is 0 Å². The van der Waals surface area contributed by atoms with Crippen LogP contribution in [0.3, 0.4) is 0 Å². The van der Waals surface area contributed by atoms with Crippen LogP contribution in [0.5, 0.6) is 0 Å². The summed E-state index contributed by atoms with van der Waals surface area (Å²) in [4.78, 5) is 12.0. The van der Waals surface area contributed by atoms with Gasteiger partial charge in [0, 0.05) is 42.4 Å². The lowest BCUT2D eigenvalue weighted by atomic mass is 10.1. The van der Waals surface area contributed by atoms with E-state index in [2.05, 4.69) is 41.0 Å². The zero-order chi connectivity index (χ0) is 13.0. The summed E-state index contributed by atoms with van der Waals surface area (Å²) < 4.78 is 0. The third-order valence-corrected chi connectivity index (χ3v) is 2.87. The van der Waals surface area contributed by atoms with Crippen LogP contribution in [-0.2, 0) is 13.0 Å². The second-order valence-corrected chi connectivity index (χ2v) is 4.68. The molecule has 0 bridgehead atoms. The van der Waals surface area contributed by atoms with E-state index in [-0.39, 0.29) is 0 Å². The van der Waals surface area contributed by atoms with Crippen molar-refractivity contribution < 1.29 is 0 Å². The zero-order valence-corrected chi connectivity index (χ0v) is 11.2. The molecule has 0 radical (unpaired) electrons. The van der Waals surface area contributed by atoms with Gasteiger partial charge in [0.2, 0.25) is 0 Å². The number of aryl methyl sites for hydroxylation is 1. The van der Waals surface area contributed by atoms with Crippen molar-refractivity contribution in [2.45, 2.75) is 39.8 Å². The van der Waals surface area contributed by atoms with Crippen molar-refractivity contribution in [1.82, 2.24) is 20.3 Å². The van der Waals surface area contributed by atoms with Crippen molar-refractivity contribution in [3.63, 3.8) is 0 Å². The first-order valence-electron chi connectivity index (χ1n) is 6.41. The molecule has 0 fully saturated rings. The minimum atomic E-state index is 0.476. The van der Waals surface area contributed by atoms with Crippen LogP contribution in [-0.4, -0.2) is 21.0 Å². The molecular formula is C14H20N4. The maximum atomic E-state index is 4.45. The Morgan fingerprint density at radius 1 is 1.33 bits per heavy atom. The molecule has 0 unspecified atom stereocenters. The van der Waals surface area contributed by atoms with Crippen LogP contribution in [0.15, 0.2) is 24.7 Å². The largest absolute Gasteiger partial charge is 0.341 e. The summed E-state index contributed by atoms with van der Waals surface area (Å²) in [5, 5.41) is 3.37. The molecule has 0 spiro atoms. The molecule has 2 heterocycles. The highest BCUT2D eigenvalue weighted by atomic mass is 15.0. The van der Waals surface area contributed by atoms with E-state index < -0.39 is 0 Å². The van der Waals surface area contributed by atoms with Gasteiger partial charge in [-0.05, 0) is 18.1 Å². The highest BCUT2D eigenvalue weighted by Gasteiger charge is 2.07. The highest BCUT2D eigenvalue weighted by molar-refractivity contribution is 5.59. The molecule has 0 aromatic carbocycles. The highest BCUT2D eigenvalue weighted by Crippen LogP contribution is 2.20. The fourth-order valence-electron chi connectivity index (χ4n) is 1.84. The predicted molar refractivity (Wildman–Crippen MR) is 73.2 cm³/mol. The molecule has 0 saturated carbocycles. The Bertz CT molecular complexity index is 502. The van der Waals surface area contributed by atoms with E-state index >= 15 is 0 Å². The van der Waals surface area contributed by atoms with Gasteiger partial charge in [-0.2, -0.15) is 0 Å². The Balaban J connectivity index is 2.18. The van der Waals surface area contributed by atoms with Crippen molar-refractivity contribution in [3.8, 4) is 11.4 Å². The number of pyridine rings is 1. The van der Waals surface area contributed by atoms with E-state index in [1.54, 1.807) is 0 Å². The quantitative estimate of drug-likeness (QED) is 0.849. The summed E-state index contributed by atoms with van der Waals surface area (Å²) in [6, 6.07) is 2.49. The lowest BCUT2D eigenvalue weighted by Crippen LogP contribution is -2.21.